The second kappa shape index (κ2) is 14.8. The molecule has 0 nitrogen and oxygen atoms in total. The molecular formula is C37H38Zr-4. The van der Waals surface area contributed by atoms with E-state index in [1.165, 1.54) is 65.7 Å². The van der Waals surface area contributed by atoms with Gasteiger partial charge in [0.25, 0.3) is 0 Å². The van der Waals surface area contributed by atoms with Gasteiger partial charge in [-0.15, -0.1) is 46.2 Å². The van der Waals surface area contributed by atoms with Crippen LogP contribution < -0.4 is 0 Å². The minimum absolute atomic E-state index is 0. The summed E-state index contributed by atoms with van der Waals surface area (Å²) in [5, 5.41) is 5.39. The van der Waals surface area contributed by atoms with E-state index in [0.717, 1.165) is 6.42 Å². The molecule has 0 aliphatic heterocycles. The van der Waals surface area contributed by atoms with Gasteiger partial charge in [-0.3, -0.25) is 6.08 Å². The van der Waals surface area contributed by atoms with Crippen LogP contribution in [0.2, 0.25) is 0 Å². The van der Waals surface area contributed by atoms with Crippen LogP contribution in [0.25, 0.3) is 21.5 Å². The van der Waals surface area contributed by atoms with Crippen LogP contribution in [0.4, 0.5) is 0 Å². The summed E-state index contributed by atoms with van der Waals surface area (Å²) in [5.41, 5.74) is 4.40. The van der Waals surface area contributed by atoms with Crippen molar-refractivity contribution in [2.24, 2.45) is 5.41 Å². The fraction of sp³-hybridized carbons (Fsp3) is 0.135. The third-order valence-corrected chi connectivity index (χ3v) is 7.63. The summed E-state index contributed by atoms with van der Waals surface area (Å²) in [4.78, 5) is 0. The van der Waals surface area contributed by atoms with Gasteiger partial charge in [-0.25, -0.2) is 6.08 Å². The van der Waals surface area contributed by atoms with Crippen molar-refractivity contribution in [3.8, 4) is 0 Å². The molecule has 6 rings (SSSR count). The quantitative estimate of drug-likeness (QED) is 0.184. The van der Waals surface area contributed by atoms with E-state index >= 15 is 0 Å². The van der Waals surface area contributed by atoms with Crippen molar-refractivity contribution in [2.75, 3.05) is 0 Å². The Balaban J connectivity index is 0.000000200. The molecule has 1 aliphatic rings. The zero-order chi connectivity index (χ0) is 25.4. The van der Waals surface area contributed by atoms with Crippen molar-refractivity contribution >= 4 is 24.8 Å². The molecule has 194 valence electrons. The SMILES string of the molecule is CC(C)(C)C1=CC[C-]=C1.[CH3-].[CH3-].[Zr]=[C](c1ccccc1)c1ccccc1.c1ccc2c(c1)[cH-]c1ccccc12. The zero-order valence-electron chi connectivity index (χ0n) is 23.3. The second-order valence-corrected chi connectivity index (χ2v) is 11.1. The molecule has 0 saturated heterocycles. The van der Waals surface area contributed by atoms with Crippen LogP contribution >= 0.6 is 0 Å². The van der Waals surface area contributed by atoms with Gasteiger partial charge in [0.15, 0.2) is 0 Å². The first-order valence-corrected chi connectivity index (χ1v) is 13.7. The van der Waals surface area contributed by atoms with E-state index in [-0.39, 0.29) is 14.9 Å². The summed E-state index contributed by atoms with van der Waals surface area (Å²) in [7, 11) is 0. The van der Waals surface area contributed by atoms with Gasteiger partial charge in [0, 0.05) is 0 Å². The molecular weight excluding hydrogens is 536 g/mol. The number of rotatable bonds is 2. The van der Waals surface area contributed by atoms with E-state index in [2.05, 4.69) is 154 Å². The molecule has 1 aliphatic carbocycles. The molecule has 0 heterocycles. The Morgan fingerprint density at radius 1 is 0.658 bits per heavy atom. The maximum Gasteiger partial charge on any atom is -0.0771 e. The van der Waals surface area contributed by atoms with E-state index in [4.69, 9.17) is 0 Å². The van der Waals surface area contributed by atoms with Crippen LogP contribution in [0.3, 0.4) is 0 Å². The van der Waals surface area contributed by atoms with Gasteiger partial charge in [0.2, 0.25) is 0 Å². The molecule has 0 aromatic heterocycles. The van der Waals surface area contributed by atoms with Crippen molar-refractivity contribution < 1.29 is 24.2 Å². The smallest absolute Gasteiger partial charge is 0.0771 e. The predicted molar refractivity (Wildman–Crippen MR) is 166 cm³/mol. The van der Waals surface area contributed by atoms with Crippen LogP contribution in [-0.2, 0) is 24.2 Å². The molecule has 0 atom stereocenters. The fourth-order valence-corrected chi connectivity index (χ4v) is 5.02. The van der Waals surface area contributed by atoms with Crippen molar-refractivity contribution in [2.45, 2.75) is 27.2 Å². The Morgan fingerprint density at radius 2 is 1.08 bits per heavy atom. The van der Waals surface area contributed by atoms with E-state index in [9.17, 15) is 0 Å². The second-order valence-electron chi connectivity index (χ2n) is 9.89. The van der Waals surface area contributed by atoms with Gasteiger partial charge < -0.3 is 14.9 Å². The van der Waals surface area contributed by atoms with Gasteiger partial charge in [0.1, 0.15) is 0 Å². The predicted octanol–water partition coefficient (Wildman–Crippen LogP) is 10.1. The molecule has 0 amide bonds. The summed E-state index contributed by atoms with van der Waals surface area (Å²) in [5.74, 6) is 0. The Labute approximate surface area is 245 Å². The van der Waals surface area contributed by atoms with Gasteiger partial charge >= 0.3 is 99.2 Å². The topological polar surface area (TPSA) is 0 Å². The Bertz CT molecular complexity index is 1380. The molecule has 0 saturated carbocycles. The third kappa shape index (κ3) is 8.24. The first kappa shape index (κ1) is 31.2. The standard InChI is InChI=1S/C13H9.C13H10.C9H13.2CH3.Zr/c1-3-7-12-10(5-1)9-11-6-2-4-8-13(11)12;1-3-7-12(8-4-1)11-13-9-5-2-6-10-13;1-9(2,3)8-6-4-5-7-8;;;/h1-9H;1-10H;6-7H,4H2,1-3H3;2*1H3;/q-1;;3*-1;. The number of benzene rings is 4. The van der Waals surface area contributed by atoms with E-state index < -0.39 is 0 Å². The first-order valence-electron chi connectivity index (χ1n) is 12.4. The average Bonchev–Trinajstić information content (AvgIpc) is 3.59. The average molecular weight is 574 g/mol. The maximum absolute atomic E-state index is 3.16. The maximum atomic E-state index is 3.16. The Hall–Kier alpha value is -3.02. The summed E-state index contributed by atoms with van der Waals surface area (Å²) < 4.78 is 1.42. The summed E-state index contributed by atoms with van der Waals surface area (Å²) in [6.45, 7) is 6.67. The van der Waals surface area contributed by atoms with Crippen LogP contribution in [0.5, 0.6) is 0 Å². The van der Waals surface area contributed by atoms with E-state index in [1.54, 1.807) is 0 Å². The minimum Gasteiger partial charge on any atom is -0.126 e. The van der Waals surface area contributed by atoms with Crippen molar-refractivity contribution in [1.82, 2.24) is 0 Å². The molecule has 0 N–H and O–H groups in total. The molecule has 5 aromatic rings. The summed E-state index contributed by atoms with van der Waals surface area (Å²) in [6.07, 6.45) is 8.50. The summed E-state index contributed by atoms with van der Waals surface area (Å²) >= 11 is 1.46. The van der Waals surface area contributed by atoms with Gasteiger partial charge in [-0.2, -0.15) is 11.6 Å². The van der Waals surface area contributed by atoms with Gasteiger partial charge in [-0.1, -0.05) is 62.6 Å². The van der Waals surface area contributed by atoms with Crippen LogP contribution in [-0.4, -0.2) is 3.21 Å². The molecule has 0 bridgehead atoms. The van der Waals surface area contributed by atoms with Crippen LogP contribution in [0, 0.1) is 26.3 Å². The molecule has 0 spiro atoms. The Morgan fingerprint density at radius 3 is 1.45 bits per heavy atom. The van der Waals surface area contributed by atoms with Crippen molar-refractivity contribution in [3.05, 3.63) is 165 Å². The molecule has 0 radical (unpaired) electrons. The van der Waals surface area contributed by atoms with Crippen molar-refractivity contribution in [1.29, 1.82) is 0 Å². The normalized spacial score (nSPS) is 11.7. The van der Waals surface area contributed by atoms with E-state index in [1.807, 2.05) is 0 Å². The van der Waals surface area contributed by atoms with Crippen LogP contribution in [0.1, 0.15) is 38.3 Å². The molecule has 5 aromatic carbocycles. The number of hydrogen-bond donors (Lipinski definition) is 0. The summed E-state index contributed by atoms with van der Waals surface area (Å²) in [6, 6.07) is 40.4. The third-order valence-electron chi connectivity index (χ3n) is 6.21. The largest absolute Gasteiger partial charge is 0.126 e. The fourth-order valence-electron chi connectivity index (χ4n) is 4.20. The zero-order valence-corrected chi connectivity index (χ0v) is 25.8. The Kier molecular flexibility index (Phi) is 12.2. The van der Waals surface area contributed by atoms with Crippen molar-refractivity contribution in [3.63, 3.8) is 0 Å². The van der Waals surface area contributed by atoms with Gasteiger partial charge in [-0.05, 0) is 0 Å². The van der Waals surface area contributed by atoms with E-state index in [0.29, 0.717) is 5.41 Å². The molecule has 38 heavy (non-hydrogen) atoms. The van der Waals surface area contributed by atoms with Gasteiger partial charge in [0.05, 0.1) is 0 Å². The molecule has 1 heteroatoms. The molecule has 0 unspecified atom stereocenters. The minimum atomic E-state index is 0. The number of hydrogen-bond acceptors (Lipinski definition) is 0. The monoisotopic (exact) mass is 572 g/mol. The molecule has 0 fully saturated rings. The van der Waals surface area contributed by atoms with Crippen LogP contribution in [0.15, 0.2) is 133 Å². The first-order chi connectivity index (χ1) is 17.4. The number of allylic oxidation sites excluding steroid dienone is 4. The number of fused-ring (bicyclic) bond motifs is 3.